The normalized spacial score (nSPS) is 10.2. The molecule has 0 saturated heterocycles. The largest absolute Gasteiger partial charge is 0.497 e. The molecular formula is C15H25N3O3. The second-order valence-electron chi connectivity index (χ2n) is 4.60. The number of nitrogens with two attached hydrogens (primary N) is 1. The molecule has 1 amide bonds. The van der Waals surface area contributed by atoms with Gasteiger partial charge in [-0.25, -0.2) is 0 Å². The third kappa shape index (κ3) is 6.46. The van der Waals surface area contributed by atoms with Crippen molar-refractivity contribution in [1.82, 2.24) is 5.32 Å². The van der Waals surface area contributed by atoms with Gasteiger partial charge in [-0.05, 0) is 37.2 Å². The van der Waals surface area contributed by atoms with Gasteiger partial charge in [0.05, 0.1) is 20.3 Å². The summed E-state index contributed by atoms with van der Waals surface area (Å²) < 4.78 is 10.1. The Morgan fingerprint density at radius 1 is 1.29 bits per heavy atom. The molecule has 0 atom stereocenters. The molecule has 0 aliphatic carbocycles. The molecule has 0 aliphatic rings. The van der Waals surface area contributed by atoms with E-state index in [-0.39, 0.29) is 5.91 Å². The summed E-state index contributed by atoms with van der Waals surface area (Å²) in [4.78, 5) is 13.9. The predicted octanol–water partition coefficient (Wildman–Crippen LogP) is 0.613. The van der Waals surface area contributed by atoms with Crippen LogP contribution >= 0.6 is 0 Å². The van der Waals surface area contributed by atoms with Crippen molar-refractivity contribution < 1.29 is 14.3 Å². The molecular weight excluding hydrogens is 270 g/mol. The van der Waals surface area contributed by atoms with Crippen LogP contribution in [0.5, 0.6) is 5.75 Å². The molecule has 0 fully saturated rings. The van der Waals surface area contributed by atoms with Crippen LogP contribution in [-0.4, -0.2) is 52.9 Å². The minimum absolute atomic E-state index is 0.0279. The van der Waals surface area contributed by atoms with E-state index in [9.17, 15) is 4.79 Å². The number of amides is 1. The standard InChI is InChI=1S/C15H25N3O3/c1-20-11-9-17-15(19)12-18(10-3-8-16)13-4-6-14(21-2)7-5-13/h4-7H,3,8-12,16H2,1-2H3,(H,17,19). The Morgan fingerprint density at radius 3 is 2.57 bits per heavy atom. The van der Waals surface area contributed by atoms with Crippen molar-refractivity contribution in [2.45, 2.75) is 6.42 Å². The van der Waals surface area contributed by atoms with Crippen LogP contribution < -0.4 is 20.7 Å². The van der Waals surface area contributed by atoms with Crippen molar-refractivity contribution in [3.05, 3.63) is 24.3 Å². The Bertz CT molecular complexity index is 409. The van der Waals surface area contributed by atoms with Gasteiger partial charge in [0.15, 0.2) is 0 Å². The number of hydrogen-bond acceptors (Lipinski definition) is 5. The summed E-state index contributed by atoms with van der Waals surface area (Å²) >= 11 is 0. The Morgan fingerprint density at radius 2 is 2.00 bits per heavy atom. The fraction of sp³-hybridized carbons (Fsp3) is 0.533. The van der Waals surface area contributed by atoms with Crippen LogP contribution in [0.2, 0.25) is 0 Å². The van der Waals surface area contributed by atoms with Gasteiger partial charge < -0.3 is 25.4 Å². The van der Waals surface area contributed by atoms with Crippen molar-refractivity contribution in [3.63, 3.8) is 0 Å². The predicted molar refractivity (Wildman–Crippen MR) is 83.8 cm³/mol. The number of ether oxygens (including phenoxy) is 2. The van der Waals surface area contributed by atoms with Gasteiger partial charge in [0.2, 0.25) is 5.91 Å². The average molecular weight is 295 g/mol. The first-order valence-corrected chi connectivity index (χ1v) is 7.06. The Kier molecular flexibility index (Phi) is 8.23. The van der Waals surface area contributed by atoms with Crippen molar-refractivity contribution in [2.24, 2.45) is 5.73 Å². The molecule has 0 spiro atoms. The zero-order chi connectivity index (χ0) is 15.5. The molecule has 0 heterocycles. The molecule has 3 N–H and O–H groups in total. The van der Waals surface area contributed by atoms with Crippen molar-refractivity contribution in [3.8, 4) is 5.75 Å². The van der Waals surface area contributed by atoms with Gasteiger partial charge in [-0.15, -0.1) is 0 Å². The van der Waals surface area contributed by atoms with Crippen LogP contribution in [-0.2, 0) is 9.53 Å². The Labute approximate surface area is 126 Å². The summed E-state index contributed by atoms with van der Waals surface area (Å²) in [5, 5.41) is 2.82. The summed E-state index contributed by atoms with van der Waals surface area (Å²) in [6, 6.07) is 7.65. The number of rotatable bonds is 10. The van der Waals surface area contributed by atoms with Gasteiger partial charge >= 0.3 is 0 Å². The molecule has 1 rings (SSSR count). The van der Waals surface area contributed by atoms with E-state index in [0.717, 1.165) is 24.4 Å². The van der Waals surface area contributed by atoms with Crippen LogP contribution in [0, 0.1) is 0 Å². The van der Waals surface area contributed by atoms with Crippen LogP contribution in [0.15, 0.2) is 24.3 Å². The van der Waals surface area contributed by atoms with Gasteiger partial charge in [0, 0.05) is 25.9 Å². The van der Waals surface area contributed by atoms with E-state index in [4.69, 9.17) is 15.2 Å². The average Bonchev–Trinajstić information content (AvgIpc) is 2.52. The zero-order valence-electron chi connectivity index (χ0n) is 12.8. The quantitative estimate of drug-likeness (QED) is 0.619. The zero-order valence-corrected chi connectivity index (χ0v) is 12.8. The second-order valence-corrected chi connectivity index (χ2v) is 4.60. The van der Waals surface area contributed by atoms with Gasteiger partial charge in [-0.2, -0.15) is 0 Å². The van der Waals surface area contributed by atoms with E-state index in [1.807, 2.05) is 29.2 Å². The SMILES string of the molecule is COCCNC(=O)CN(CCCN)c1ccc(OC)cc1. The molecule has 0 radical (unpaired) electrons. The topological polar surface area (TPSA) is 76.8 Å². The number of benzene rings is 1. The summed E-state index contributed by atoms with van der Waals surface area (Å²) in [5.41, 5.74) is 6.54. The van der Waals surface area contributed by atoms with Crippen molar-refractivity contribution >= 4 is 11.6 Å². The van der Waals surface area contributed by atoms with E-state index in [1.165, 1.54) is 0 Å². The summed E-state index contributed by atoms with van der Waals surface area (Å²) in [5.74, 6) is 0.766. The highest BCUT2D eigenvalue weighted by Gasteiger charge is 2.11. The Hall–Kier alpha value is -1.79. The molecule has 0 aliphatic heterocycles. The van der Waals surface area contributed by atoms with Crippen molar-refractivity contribution in [2.75, 3.05) is 51.9 Å². The molecule has 21 heavy (non-hydrogen) atoms. The number of carbonyl (C=O) groups excluding carboxylic acids is 1. The lowest BCUT2D eigenvalue weighted by atomic mass is 10.2. The van der Waals surface area contributed by atoms with Gasteiger partial charge in [0.25, 0.3) is 0 Å². The third-order valence-electron chi connectivity index (χ3n) is 3.03. The molecule has 1 aromatic carbocycles. The van der Waals surface area contributed by atoms with Crippen molar-refractivity contribution in [1.29, 1.82) is 0 Å². The second kappa shape index (κ2) is 10.0. The fourth-order valence-electron chi connectivity index (χ4n) is 1.90. The number of nitrogens with one attached hydrogen (secondary N) is 1. The monoisotopic (exact) mass is 295 g/mol. The Balaban J connectivity index is 2.63. The molecule has 1 aromatic rings. The molecule has 0 saturated carbocycles. The lowest BCUT2D eigenvalue weighted by Crippen LogP contribution is -2.39. The van der Waals surface area contributed by atoms with E-state index < -0.39 is 0 Å². The van der Waals surface area contributed by atoms with E-state index >= 15 is 0 Å². The summed E-state index contributed by atoms with van der Waals surface area (Å²) in [6.45, 7) is 2.66. The highest BCUT2D eigenvalue weighted by molar-refractivity contribution is 5.81. The van der Waals surface area contributed by atoms with Gasteiger partial charge in [-0.1, -0.05) is 0 Å². The first-order chi connectivity index (χ1) is 10.2. The number of methoxy groups -OCH3 is 2. The smallest absolute Gasteiger partial charge is 0.239 e. The molecule has 0 bridgehead atoms. The number of carbonyl (C=O) groups is 1. The highest BCUT2D eigenvalue weighted by atomic mass is 16.5. The highest BCUT2D eigenvalue weighted by Crippen LogP contribution is 2.19. The fourth-order valence-corrected chi connectivity index (χ4v) is 1.90. The minimum Gasteiger partial charge on any atom is -0.497 e. The molecule has 6 nitrogen and oxygen atoms in total. The van der Waals surface area contributed by atoms with Gasteiger partial charge in [0.1, 0.15) is 5.75 Å². The molecule has 6 heteroatoms. The molecule has 0 aromatic heterocycles. The number of nitrogens with zero attached hydrogens (tertiary/aromatic N) is 1. The molecule has 118 valence electrons. The van der Waals surface area contributed by atoms with Crippen LogP contribution in [0.25, 0.3) is 0 Å². The first-order valence-electron chi connectivity index (χ1n) is 7.06. The number of hydrogen-bond donors (Lipinski definition) is 2. The maximum atomic E-state index is 11.9. The minimum atomic E-state index is -0.0279. The van der Waals surface area contributed by atoms with Crippen LogP contribution in [0.4, 0.5) is 5.69 Å². The van der Waals surface area contributed by atoms with Gasteiger partial charge in [-0.3, -0.25) is 4.79 Å². The molecule has 0 unspecified atom stereocenters. The first kappa shape index (κ1) is 17.3. The van der Waals surface area contributed by atoms with E-state index in [0.29, 0.717) is 26.2 Å². The van der Waals surface area contributed by atoms with E-state index in [2.05, 4.69) is 5.32 Å². The maximum Gasteiger partial charge on any atom is 0.239 e. The van der Waals surface area contributed by atoms with E-state index in [1.54, 1.807) is 14.2 Å². The summed E-state index contributed by atoms with van der Waals surface area (Å²) in [6.07, 6.45) is 0.831. The third-order valence-corrected chi connectivity index (χ3v) is 3.03. The van der Waals surface area contributed by atoms with Crippen LogP contribution in [0.1, 0.15) is 6.42 Å². The lowest BCUT2D eigenvalue weighted by Gasteiger charge is -2.24. The van der Waals surface area contributed by atoms with Crippen LogP contribution in [0.3, 0.4) is 0 Å². The maximum absolute atomic E-state index is 11.9. The lowest BCUT2D eigenvalue weighted by molar-refractivity contribution is -0.119. The summed E-state index contributed by atoms with van der Waals surface area (Å²) in [7, 11) is 3.24. The number of anilines is 1.